The van der Waals surface area contributed by atoms with Gasteiger partial charge in [-0.15, -0.1) is 0 Å². The average molecular weight is 303 g/mol. The largest absolute Gasteiger partial charge is 0.355 e. The van der Waals surface area contributed by atoms with Crippen LogP contribution in [0.15, 0.2) is 18.3 Å². The molecular formula is C10H14IN3. The maximum Gasteiger partial charge on any atom is 0.128 e. The molecule has 1 aromatic rings. The van der Waals surface area contributed by atoms with Crippen LogP contribution in [0.3, 0.4) is 0 Å². The van der Waals surface area contributed by atoms with Gasteiger partial charge in [0.1, 0.15) is 5.82 Å². The van der Waals surface area contributed by atoms with Gasteiger partial charge in [0.25, 0.3) is 0 Å². The van der Waals surface area contributed by atoms with E-state index in [2.05, 4.69) is 49.3 Å². The summed E-state index contributed by atoms with van der Waals surface area (Å²) in [5, 5.41) is 0. The van der Waals surface area contributed by atoms with Gasteiger partial charge in [0.15, 0.2) is 0 Å². The second-order valence-electron chi connectivity index (χ2n) is 3.73. The number of pyridine rings is 1. The van der Waals surface area contributed by atoms with Crippen molar-refractivity contribution >= 4 is 28.7 Å². The first-order valence-electron chi connectivity index (χ1n) is 4.83. The van der Waals surface area contributed by atoms with E-state index >= 15 is 0 Å². The van der Waals surface area contributed by atoms with Crippen molar-refractivity contribution < 1.29 is 0 Å². The Morgan fingerprint density at radius 2 is 2.50 bits per heavy atom. The monoisotopic (exact) mass is 303 g/mol. The van der Waals surface area contributed by atoms with E-state index in [0.29, 0.717) is 6.04 Å². The minimum Gasteiger partial charge on any atom is -0.355 e. The van der Waals surface area contributed by atoms with Crippen LogP contribution in [0.1, 0.15) is 12.0 Å². The van der Waals surface area contributed by atoms with E-state index in [1.165, 1.54) is 12.0 Å². The summed E-state index contributed by atoms with van der Waals surface area (Å²) in [7, 11) is 0. The Kier molecular flexibility index (Phi) is 3.22. The van der Waals surface area contributed by atoms with Gasteiger partial charge in [-0.3, -0.25) is 3.53 Å². The smallest absolute Gasteiger partial charge is 0.128 e. The van der Waals surface area contributed by atoms with Gasteiger partial charge in [-0.25, -0.2) is 4.98 Å². The molecule has 0 amide bonds. The van der Waals surface area contributed by atoms with Gasteiger partial charge in [-0.2, -0.15) is 0 Å². The van der Waals surface area contributed by atoms with Gasteiger partial charge >= 0.3 is 0 Å². The maximum absolute atomic E-state index is 4.39. The van der Waals surface area contributed by atoms with E-state index in [4.69, 9.17) is 0 Å². The lowest BCUT2D eigenvalue weighted by molar-refractivity contribution is 0.719. The number of rotatable bonds is 2. The van der Waals surface area contributed by atoms with Gasteiger partial charge in [-0.05, 0) is 31.0 Å². The molecule has 0 aliphatic carbocycles. The number of nitrogens with zero attached hydrogens (tertiary/aromatic N) is 2. The third kappa shape index (κ3) is 2.17. The van der Waals surface area contributed by atoms with Gasteiger partial charge in [0, 0.05) is 48.2 Å². The Balaban J connectivity index is 2.09. The summed E-state index contributed by atoms with van der Waals surface area (Å²) in [6.07, 6.45) is 3.09. The average Bonchev–Trinajstić information content (AvgIpc) is 2.66. The lowest BCUT2D eigenvalue weighted by Crippen LogP contribution is -2.26. The fraction of sp³-hybridized carbons (Fsp3) is 0.500. The molecule has 0 bridgehead atoms. The minimum atomic E-state index is 0.609. The van der Waals surface area contributed by atoms with Crippen LogP contribution >= 0.6 is 22.9 Å². The van der Waals surface area contributed by atoms with Crippen LogP contribution in [-0.4, -0.2) is 24.1 Å². The first-order chi connectivity index (χ1) is 6.79. The van der Waals surface area contributed by atoms with Crippen LogP contribution in [0.5, 0.6) is 0 Å². The van der Waals surface area contributed by atoms with Crippen molar-refractivity contribution in [1.82, 2.24) is 8.51 Å². The lowest BCUT2D eigenvalue weighted by Gasteiger charge is -2.17. The minimum absolute atomic E-state index is 0.609. The van der Waals surface area contributed by atoms with Crippen LogP contribution in [0, 0.1) is 6.92 Å². The van der Waals surface area contributed by atoms with Crippen molar-refractivity contribution in [3.05, 3.63) is 23.9 Å². The quantitative estimate of drug-likeness (QED) is 0.668. The molecule has 2 heterocycles. The Labute approximate surface area is 98.4 Å². The number of halogens is 1. The molecule has 1 unspecified atom stereocenters. The van der Waals surface area contributed by atoms with Crippen LogP contribution in [0.2, 0.25) is 0 Å². The second-order valence-corrected chi connectivity index (χ2v) is 4.35. The number of aromatic nitrogens is 1. The van der Waals surface area contributed by atoms with Crippen LogP contribution in [0.4, 0.5) is 5.82 Å². The molecule has 1 saturated heterocycles. The number of hydrogen-bond donors (Lipinski definition) is 1. The standard InChI is InChI=1S/C10H14IN3/c1-8-2-4-12-10(6-8)14-5-3-9(7-14)13-11/h2,4,6,9,13H,3,5,7H2,1H3. The zero-order valence-corrected chi connectivity index (χ0v) is 10.4. The summed E-state index contributed by atoms with van der Waals surface area (Å²) in [4.78, 5) is 6.72. The third-order valence-electron chi connectivity index (χ3n) is 2.57. The van der Waals surface area contributed by atoms with Crippen LogP contribution in [0.25, 0.3) is 0 Å². The highest BCUT2D eigenvalue weighted by Crippen LogP contribution is 2.18. The summed E-state index contributed by atoms with van der Waals surface area (Å²) in [6, 6.07) is 4.79. The molecule has 0 saturated carbocycles. The van der Waals surface area contributed by atoms with Crippen molar-refractivity contribution in [2.45, 2.75) is 19.4 Å². The second kappa shape index (κ2) is 4.44. The molecule has 0 radical (unpaired) electrons. The number of anilines is 1. The first-order valence-corrected chi connectivity index (χ1v) is 5.91. The summed E-state index contributed by atoms with van der Waals surface area (Å²) in [6.45, 7) is 4.28. The van der Waals surface area contributed by atoms with E-state index in [-0.39, 0.29) is 0 Å². The summed E-state index contributed by atoms with van der Waals surface area (Å²) in [5.41, 5.74) is 1.28. The van der Waals surface area contributed by atoms with Gasteiger partial charge in [0.2, 0.25) is 0 Å². The highest BCUT2D eigenvalue weighted by atomic mass is 127. The summed E-state index contributed by atoms with van der Waals surface area (Å²) < 4.78 is 3.28. The fourth-order valence-electron chi connectivity index (χ4n) is 1.75. The van der Waals surface area contributed by atoms with E-state index in [9.17, 15) is 0 Å². The van der Waals surface area contributed by atoms with Crippen molar-refractivity contribution in [2.75, 3.05) is 18.0 Å². The fourth-order valence-corrected chi connectivity index (χ4v) is 2.26. The van der Waals surface area contributed by atoms with E-state index < -0.39 is 0 Å². The van der Waals surface area contributed by atoms with E-state index in [0.717, 1.165) is 18.9 Å². The van der Waals surface area contributed by atoms with E-state index in [1.807, 2.05) is 12.3 Å². The van der Waals surface area contributed by atoms with Crippen LogP contribution in [-0.2, 0) is 0 Å². The van der Waals surface area contributed by atoms with Crippen molar-refractivity contribution in [1.29, 1.82) is 0 Å². The third-order valence-corrected chi connectivity index (χ3v) is 3.45. The van der Waals surface area contributed by atoms with Gasteiger partial charge < -0.3 is 4.90 Å². The Bertz CT molecular complexity index is 316. The SMILES string of the molecule is Cc1ccnc(N2CCC(NI)C2)c1. The molecule has 1 fully saturated rings. The maximum atomic E-state index is 4.39. The molecular weight excluding hydrogens is 289 g/mol. The molecule has 2 rings (SSSR count). The van der Waals surface area contributed by atoms with Gasteiger partial charge in [-0.1, -0.05) is 0 Å². The topological polar surface area (TPSA) is 28.2 Å². The first kappa shape index (κ1) is 10.2. The molecule has 1 N–H and O–H groups in total. The van der Waals surface area contributed by atoms with Crippen LogP contribution < -0.4 is 8.43 Å². The van der Waals surface area contributed by atoms with Crippen molar-refractivity contribution in [2.24, 2.45) is 0 Å². The molecule has 1 aliphatic heterocycles. The van der Waals surface area contributed by atoms with Crippen molar-refractivity contribution in [3.8, 4) is 0 Å². The van der Waals surface area contributed by atoms with Crippen molar-refractivity contribution in [3.63, 3.8) is 0 Å². The molecule has 14 heavy (non-hydrogen) atoms. The normalized spacial score (nSPS) is 21.6. The van der Waals surface area contributed by atoms with Gasteiger partial charge in [0.05, 0.1) is 0 Å². The Hall–Kier alpha value is -0.360. The summed E-state index contributed by atoms with van der Waals surface area (Å²) in [5.74, 6) is 1.11. The molecule has 0 spiro atoms. The molecule has 4 heteroatoms. The molecule has 3 nitrogen and oxygen atoms in total. The molecule has 1 aromatic heterocycles. The molecule has 76 valence electrons. The van der Waals surface area contributed by atoms with E-state index in [1.54, 1.807) is 0 Å². The predicted octanol–water partition coefficient (Wildman–Crippen LogP) is 1.91. The molecule has 1 atom stereocenters. The highest BCUT2D eigenvalue weighted by molar-refractivity contribution is 14.1. The molecule has 1 aliphatic rings. The zero-order valence-electron chi connectivity index (χ0n) is 8.20. The Morgan fingerprint density at radius 3 is 3.14 bits per heavy atom. The zero-order chi connectivity index (χ0) is 9.97. The summed E-state index contributed by atoms with van der Waals surface area (Å²) >= 11 is 2.23. The lowest BCUT2D eigenvalue weighted by atomic mass is 10.3. The Morgan fingerprint density at radius 1 is 1.64 bits per heavy atom. The highest BCUT2D eigenvalue weighted by Gasteiger charge is 2.22. The number of nitrogens with one attached hydrogen (secondary N) is 1. The molecule has 0 aromatic carbocycles. The number of hydrogen-bond acceptors (Lipinski definition) is 3. The number of aryl methyl sites for hydroxylation is 1. The predicted molar refractivity (Wildman–Crippen MR) is 66.7 cm³/mol.